The van der Waals surface area contributed by atoms with E-state index in [2.05, 4.69) is 26.2 Å². The summed E-state index contributed by atoms with van der Waals surface area (Å²) in [7, 11) is 1.55. The normalized spacial score (nSPS) is 10.2. The number of hydrogen-bond donors (Lipinski definition) is 1. The summed E-state index contributed by atoms with van der Waals surface area (Å²) in [5.74, 6) is 0.820. The first kappa shape index (κ1) is 14.5. The minimum atomic E-state index is -0.236. The smallest absolute Gasteiger partial charge is 0.260 e. The van der Waals surface area contributed by atoms with Crippen molar-refractivity contribution in [1.29, 1.82) is 0 Å². The summed E-state index contributed by atoms with van der Waals surface area (Å²) in [6.07, 6.45) is 0. The van der Waals surface area contributed by atoms with E-state index in [-0.39, 0.29) is 5.91 Å². The maximum atomic E-state index is 12.3. The zero-order chi connectivity index (χ0) is 14.7. The Hall–Kier alpha value is -1.88. The molecule has 0 spiro atoms. The lowest BCUT2D eigenvalue weighted by Crippen LogP contribution is -2.14. The summed E-state index contributed by atoms with van der Waals surface area (Å²) in [6, 6.07) is 9.07. The first-order chi connectivity index (χ1) is 9.51. The van der Waals surface area contributed by atoms with Gasteiger partial charge in [-0.3, -0.25) is 4.79 Å². The molecule has 0 fully saturated rings. The molecule has 1 N–H and O–H groups in total. The van der Waals surface area contributed by atoms with Crippen LogP contribution in [-0.2, 0) is 0 Å². The van der Waals surface area contributed by atoms with E-state index in [1.165, 1.54) is 0 Å². The predicted octanol–water partition coefficient (Wildman–Crippen LogP) is 3.72. The zero-order valence-electron chi connectivity index (χ0n) is 11.5. The summed E-state index contributed by atoms with van der Waals surface area (Å²) >= 11 is 3.38. The van der Waals surface area contributed by atoms with Gasteiger partial charge < -0.3 is 10.1 Å². The largest absolute Gasteiger partial charge is 0.496 e. The third-order valence-corrected chi connectivity index (χ3v) is 3.70. The molecule has 5 heteroatoms. The number of pyridine rings is 1. The van der Waals surface area contributed by atoms with Crippen molar-refractivity contribution in [1.82, 2.24) is 4.98 Å². The molecule has 1 aromatic carbocycles. The highest BCUT2D eigenvalue weighted by atomic mass is 79.9. The highest BCUT2D eigenvalue weighted by molar-refractivity contribution is 9.10. The predicted molar refractivity (Wildman–Crippen MR) is 82.4 cm³/mol. The van der Waals surface area contributed by atoms with Crippen LogP contribution < -0.4 is 10.1 Å². The average molecular weight is 335 g/mol. The fourth-order valence-corrected chi connectivity index (χ4v) is 2.02. The number of carbonyl (C=O) groups excluding carboxylic acids is 1. The van der Waals surface area contributed by atoms with E-state index >= 15 is 0 Å². The first-order valence-corrected chi connectivity index (χ1v) is 6.89. The van der Waals surface area contributed by atoms with Crippen molar-refractivity contribution in [2.45, 2.75) is 13.8 Å². The van der Waals surface area contributed by atoms with Crippen LogP contribution in [0.2, 0.25) is 0 Å². The summed E-state index contributed by atoms with van der Waals surface area (Å²) in [6.45, 7) is 3.80. The van der Waals surface area contributed by atoms with Crippen molar-refractivity contribution in [3.05, 3.63) is 51.6 Å². The zero-order valence-corrected chi connectivity index (χ0v) is 13.1. The molecule has 2 rings (SSSR count). The second kappa shape index (κ2) is 6.05. The second-order valence-electron chi connectivity index (χ2n) is 4.42. The fourth-order valence-electron chi connectivity index (χ4n) is 1.80. The highest BCUT2D eigenvalue weighted by Crippen LogP contribution is 2.22. The number of hydrogen-bond acceptors (Lipinski definition) is 3. The standard InChI is InChI=1S/C15H15BrN2O2/c1-9-4-6-13(20-3)11(8-9)15(19)18-14-7-5-12(16)10(2)17-14/h4-8H,1-3H3,(H,17,18,19). The lowest BCUT2D eigenvalue weighted by molar-refractivity contribution is 0.102. The number of aromatic nitrogens is 1. The van der Waals surface area contributed by atoms with Gasteiger partial charge in [0.2, 0.25) is 0 Å². The molecule has 0 radical (unpaired) electrons. The number of methoxy groups -OCH3 is 1. The van der Waals surface area contributed by atoms with E-state index in [9.17, 15) is 4.79 Å². The maximum Gasteiger partial charge on any atom is 0.260 e. The summed E-state index contributed by atoms with van der Waals surface area (Å²) in [5, 5.41) is 2.78. The highest BCUT2D eigenvalue weighted by Gasteiger charge is 2.13. The fraction of sp³-hybridized carbons (Fsp3) is 0.200. The second-order valence-corrected chi connectivity index (χ2v) is 5.28. The van der Waals surface area contributed by atoms with Gasteiger partial charge in [-0.2, -0.15) is 0 Å². The van der Waals surface area contributed by atoms with Gasteiger partial charge in [-0.25, -0.2) is 4.98 Å². The van der Waals surface area contributed by atoms with Crippen LogP contribution in [0.15, 0.2) is 34.8 Å². The molecule has 0 aliphatic rings. The molecular formula is C15H15BrN2O2. The van der Waals surface area contributed by atoms with Crippen molar-refractivity contribution < 1.29 is 9.53 Å². The molecule has 20 heavy (non-hydrogen) atoms. The average Bonchev–Trinajstić information content (AvgIpc) is 2.43. The molecule has 1 heterocycles. The van der Waals surface area contributed by atoms with Gasteiger partial charge in [-0.05, 0) is 54.0 Å². The summed E-state index contributed by atoms with van der Waals surface area (Å²) in [5.41, 5.74) is 2.31. The van der Waals surface area contributed by atoms with Crippen LogP contribution in [0, 0.1) is 13.8 Å². The van der Waals surface area contributed by atoms with Gasteiger partial charge in [-0.1, -0.05) is 11.6 Å². The van der Waals surface area contributed by atoms with Gasteiger partial charge >= 0.3 is 0 Å². The number of nitrogens with one attached hydrogen (secondary N) is 1. The van der Waals surface area contributed by atoms with E-state index in [0.717, 1.165) is 15.7 Å². The number of anilines is 1. The molecule has 0 unspecified atom stereocenters. The Morgan fingerprint density at radius 3 is 2.65 bits per heavy atom. The van der Waals surface area contributed by atoms with Gasteiger partial charge in [0.05, 0.1) is 18.4 Å². The number of rotatable bonds is 3. The molecule has 0 aliphatic heterocycles. The lowest BCUT2D eigenvalue weighted by atomic mass is 10.1. The lowest BCUT2D eigenvalue weighted by Gasteiger charge is -2.10. The number of carbonyl (C=O) groups is 1. The van der Waals surface area contributed by atoms with Crippen molar-refractivity contribution in [3.8, 4) is 5.75 Å². The molecule has 2 aromatic rings. The van der Waals surface area contributed by atoms with Crippen molar-refractivity contribution in [2.75, 3.05) is 12.4 Å². The van der Waals surface area contributed by atoms with Crippen molar-refractivity contribution in [2.24, 2.45) is 0 Å². The Morgan fingerprint density at radius 2 is 2.00 bits per heavy atom. The minimum absolute atomic E-state index is 0.236. The molecule has 1 aromatic heterocycles. The Morgan fingerprint density at radius 1 is 1.25 bits per heavy atom. The number of nitrogens with zero attached hydrogens (tertiary/aromatic N) is 1. The SMILES string of the molecule is COc1ccc(C)cc1C(=O)Nc1ccc(Br)c(C)n1. The van der Waals surface area contributed by atoms with Gasteiger partial charge in [-0.15, -0.1) is 0 Å². The molecule has 0 atom stereocenters. The van der Waals surface area contributed by atoms with Crippen LogP contribution >= 0.6 is 15.9 Å². The van der Waals surface area contributed by atoms with E-state index in [1.807, 2.05) is 26.0 Å². The Bertz CT molecular complexity index is 656. The Kier molecular flexibility index (Phi) is 4.39. The Balaban J connectivity index is 2.27. The van der Waals surface area contributed by atoms with Crippen molar-refractivity contribution in [3.63, 3.8) is 0 Å². The number of ether oxygens (including phenoxy) is 1. The molecule has 1 amide bonds. The number of halogens is 1. The minimum Gasteiger partial charge on any atom is -0.496 e. The molecule has 4 nitrogen and oxygen atoms in total. The van der Waals surface area contributed by atoms with Gasteiger partial charge in [0.25, 0.3) is 5.91 Å². The van der Waals surface area contributed by atoms with Crippen LogP contribution in [0.4, 0.5) is 5.82 Å². The number of amides is 1. The topological polar surface area (TPSA) is 51.2 Å². The van der Waals surface area contributed by atoms with Gasteiger partial charge in [0, 0.05) is 4.47 Å². The third kappa shape index (κ3) is 3.17. The van der Waals surface area contributed by atoms with Crippen LogP contribution in [0.25, 0.3) is 0 Å². The molecule has 0 aliphatic carbocycles. The molecule has 0 saturated heterocycles. The number of aryl methyl sites for hydroxylation is 2. The summed E-state index contributed by atoms with van der Waals surface area (Å²) < 4.78 is 6.12. The summed E-state index contributed by atoms with van der Waals surface area (Å²) in [4.78, 5) is 16.6. The molecular weight excluding hydrogens is 320 g/mol. The van der Waals surface area contributed by atoms with Crippen LogP contribution in [-0.4, -0.2) is 18.0 Å². The third-order valence-electron chi connectivity index (χ3n) is 2.86. The molecule has 0 saturated carbocycles. The van der Waals surface area contributed by atoms with Gasteiger partial charge in [0.1, 0.15) is 11.6 Å². The van der Waals surface area contributed by atoms with Crippen LogP contribution in [0.1, 0.15) is 21.6 Å². The van der Waals surface area contributed by atoms with Crippen molar-refractivity contribution >= 4 is 27.7 Å². The van der Waals surface area contributed by atoms with E-state index in [0.29, 0.717) is 17.1 Å². The maximum absolute atomic E-state index is 12.3. The molecule has 104 valence electrons. The van der Waals surface area contributed by atoms with Crippen LogP contribution in [0.5, 0.6) is 5.75 Å². The van der Waals surface area contributed by atoms with Gasteiger partial charge in [0.15, 0.2) is 0 Å². The quantitative estimate of drug-likeness (QED) is 0.930. The molecule has 0 bridgehead atoms. The van der Waals surface area contributed by atoms with Crippen LogP contribution in [0.3, 0.4) is 0 Å². The van der Waals surface area contributed by atoms with E-state index in [4.69, 9.17) is 4.74 Å². The number of benzene rings is 1. The van der Waals surface area contributed by atoms with E-state index < -0.39 is 0 Å². The Labute approximate surface area is 126 Å². The monoisotopic (exact) mass is 334 g/mol. The van der Waals surface area contributed by atoms with E-state index in [1.54, 1.807) is 25.3 Å². The first-order valence-electron chi connectivity index (χ1n) is 6.10.